The number of aromatic nitrogens is 2. The molecule has 0 saturated heterocycles. The Morgan fingerprint density at radius 1 is 1.22 bits per heavy atom. The second-order valence-electron chi connectivity index (χ2n) is 5.68. The van der Waals surface area contributed by atoms with Crippen molar-refractivity contribution in [2.24, 2.45) is 0 Å². The Labute approximate surface area is 140 Å². The largest absolute Gasteiger partial charge is 0.366 e. The second kappa shape index (κ2) is 5.39. The third-order valence-electron chi connectivity index (χ3n) is 3.97. The molecule has 1 aromatic carbocycles. The summed E-state index contributed by atoms with van der Waals surface area (Å²) in [6.45, 7) is 2.01. The highest BCUT2D eigenvalue weighted by molar-refractivity contribution is 7.18. The van der Waals surface area contributed by atoms with Gasteiger partial charge in [-0.25, -0.2) is 18.7 Å². The van der Waals surface area contributed by atoms with E-state index >= 15 is 0 Å². The molecule has 0 spiro atoms. The van der Waals surface area contributed by atoms with Crippen LogP contribution in [0.4, 0.5) is 14.6 Å². The van der Waals surface area contributed by atoms with E-state index in [1.165, 1.54) is 12.1 Å². The highest BCUT2D eigenvalue weighted by atomic mass is 35.5. The van der Waals surface area contributed by atoms with Gasteiger partial charge in [0, 0.05) is 16.8 Å². The van der Waals surface area contributed by atoms with Crippen molar-refractivity contribution in [3.63, 3.8) is 0 Å². The van der Waals surface area contributed by atoms with E-state index in [1.54, 1.807) is 17.4 Å². The van der Waals surface area contributed by atoms with Gasteiger partial charge in [0.05, 0.1) is 5.39 Å². The van der Waals surface area contributed by atoms with E-state index in [4.69, 9.17) is 11.6 Å². The van der Waals surface area contributed by atoms with Crippen molar-refractivity contribution in [2.75, 3.05) is 5.32 Å². The number of halogens is 3. The molecule has 1 N–H and O–H groups in total. The van der Waals surface area contributed by atoms with Gasteiger partial charge in [-0.3, -0.25) is 0 Å². The normalized spacial score (nSPS) is 20.0. The van der Waals surface area contributed by atoms with Crippen LogP contribution in [0.25, 0.3) is 10.2 Å². The second-order valence-corrected chi connectivity index (χ2v) is 7.26. The number of rotatable bonds is 3. The summed E-state index contributed by atoms with van der Waals surface area (Å²) < 4.78 is 26.4. The number of benzene rings is 1. The van der Waals surface area contributed by atoms with Crippen LogP contribution in [-0.4, -0.2) is 16.0 Å². The van der Waals surface area contributed by atoms with Crippen molar-refractivity contribution in [1.82, 2.24) is 9.97 Å². The van der Waals surface area contributed by atoms with Gasteiger partial charge < -0.3 is 5.32 Å². The van der Waals surface area contributed by atoms with Gasteiger partial charge in [0.1, 0.15) is 10.6 Å². The molecule has 2 aromatic heterocycles. The van der Waals surface area contributed by atoms with Gasteiger partial charge in [-0.2, -0.15) is 0 Å². The number of anilines is 1. The van der Waals surface area contributed by atoms with E-state index in [1.807, 2.05) is 13.0 Å². The maximum atomic E-state index is 13.4. The molecule has 0 aliphatic heterocycles. The number of aryl methyl sites for hydroxylation is 1. The standard InChI is InChI=1S/C16H12ClF2N3S/c1-7-4-10-14(21-16(17)22-15(10)23-7)20-13-6-9(13)8-2-3-11(18)12(19)5-8/h2-5,9,13H,6H2,1H3,(H,20,21,22)/t9-,13+/m0/s1. The predicted molar refractivity (Wildman–Crippen MR) is 88.3 cm³/mol. The Kier molecular flexibility index (Phi) is 3.46. The molecule has 1 aliphatic rings. The van der Waals surface area contributed by atoms with Gasteiger partial charge in [0.2, 0.25) is 5.28 Å². The van der Waals surface area contributed by atoms with Crippen LogP contribution < -0.4 is 5.32 Å². The zero-order valence-corrected chi connectivity index (χ0v) is 13.7. The van der Waals surface area contributed by atoms with Gasteiger partial charge in [-0.05, 0) is 48.7 Å². The molecule has 0 bridgehead atoms. The van der Waals surface area contributed by atoms with Crippen LogP contribution in [0.1, 0.15) is 22.8 Å². The molecule has 7 heteroatoms. The summed E-state index contributed by atoms with van der Waals surface area (Å²) in [5.41, 5.74) is 0.791. The van der Waals surface area contributed by atoms with E-state index in [-0.39, 0.29) is 17.2 Å². The van der Waals surface area contributed by atoms with Crippen molar-refractivity contribution >= 4 is 39.0 Å². The molecule has 0 radical (unpaired) electrons. The summed E-state index contributed by atoms with van der Waals surface area (Å²) in [5.74, 6) is -0.793. The summed E-state index contributed by atoms with van der Waals surface area (Å²) in [7, 11) is 0. The molecule has 1 aliphatic carbocycles. The minimum atomic E-state index is -0.822. The molecule has 3 aromatic rings. The first-order valence-electron chi connectivity index (χ1n) is 7.16. The van der Waals surface area contributed by atoms with Crippen molar-refractivity contribution < 1.29 is 8.78 Å². The Morgan fingerprint density at radius 2 is 2.04 bits per heavy atom. The zero-order valence-electron chi connectivity index (χ0n) is 12.1. The molecule has 2 heterocycles. The van der Waals surface area contributed by atoms with E-state index in [2.05, 4.69) is 15.3 Å². The molecule has 0 amide bonds. The average molecular weight is 352 g/mol. The lowest BCUT2D eigenvalue weighted by Crippen LogP contribution is -2.07. The molecule has 1 fully saturated rings. The molecular weight excluding hydrogens is 340 g/mol. The Bertz CT molecular complexity index is 912. The molecule has 23 heavy (non-hydrogen) atoms. The Balaban J connectivity index is 1.59. The van der Waals surface area contributed by atoms with Gasteiger partial charge in [-0.1, -0.05) is 6.07 Å². The first-order valence-corrected chi connectivity index (χ1v) is 8.36. The first-order chi connectivity index (χ1) is 11.0. The maximum absolute atomic E-state index is 13.4. The van der Waals surface area contributed by atoms with Gasteiger partial charge in [0.15, 0.2) is 11.6 Å². The third-order valence-corrected chi connectivity index (χ3v) is 5.09. The third kappa shape index (κ3) is 2.77. The van der Waals surface area contributed by atoms with Crippen LogP contribution >= 0.6 is 22.9 Å². The van der Waals surface area contributed by atoms with Crippen molar-refractivity contribution in [3.8, 4) is 0 Å². The van der Waals surface area contributed by atoms with Crippen LogP contribution in [0.2, 0.25) is 5.28 Å². The number of hydrogen-bond acceptors (Lipinski definition) is 4. The minimum Gasteiger partial charge on any atom is -0.366 e. The smallest absolute Gasteiger partial charge is 0.225 e. The molecule has 3 nitrogen and oxygen atoms in total. The predicted octanol–water partition coefficient (Wildman–Crippen LogP) is 4.90. The van der Waals surface area contributed by atoms with E-state index in [0.717, 1.165) is 27.1 Å². The van der Waals surface area contributed by atoms with Crippen molar-refractivity contribution in [3.05, 3.63) is 51.6 Å². The van der Waals surface area contributed by atoms with Gasteiger partial charge in [0.25, 0.3) is 0 Å². The number of thiophene rings is 1. The highest BCUT2D eigenvalue weighted by Crippen LogP contribution is 2.44. The molecule has 1 saturated carbocycles. The van der Waals surface area contributed by atoms with Crippen LogP contribution in [-0.2, 0) is 0 Å². The van der Waals surface area contributed by atoms with Crippen LogP contribution in [0.5, 0.6) is 0 Å². The lowest BCUT2D eigenvalue weighted by molar-refractivity contribution is 0.507. The fourth-order valence-electron chi connectivity index (χ4n) is 2.77. The van der Waals surface area contributed by atoms with Crippen molar-refractivity contribution in [1.29, 1.82) is 0 Å². The zero-order chi connectivity index (χ0) is 16.1. The lowest BCUT2D eigenvalue weighted by Gasteiger charge is -2.07. The highest BCUT2D eigenvalue weighted by Gasteiger charge is 2.39. The molecule has 118 valence electrons. The average Bonchev–Trinajstić information content (AvgIpc) is 3.14. The fourth-order valence-corrected chi connectivity index (χ4v) is 3.87. The number of nitrogens with zero attached hydrogens (tertiary/aromatic N) is 2. The van der Waals surface area contributed by atoms with Crippen LogP contribution in [0, 0.1) is 18.6 Å². The SMILES string of the molecule is Cc1cc2c(N[C@@H]3C[C@H]3c3ccc(F)c(F)c3)nc(Cl)nc2s1. The topological polar surface area (TPSA) is 37.8 Å². The maximum Gasteiger partial charge on any atom is 0.225 e. The fraction of sp³-hybridized carbons (Fsp3) is 0.250. The molecule has 0 unspecified atom stereocenters. The van der Waals surface area contributed by atoms with Crippen molar-refractivity contribution in [2.45, 2.75) is 25.3 Å². The summed E-state index contributed by atoms with van der Waals surface area (Å²) in [6.07, 6.45) is 0.845. The van der Waals surface area contributed by atoms with E-state index in [0.29, 0.717) is 5.82 Å². The minimum absolute atomic E-state index is 0.134. The summed E-state index contributed by atoms with van der Waals surface area (Å²) in [6, 6.07) is 6.21. The number of nitrogens with one attached hydrogen (secondary N) is 1. The van der Waals surface area contributed by atoms with Gasteiger partial charge >= 0.3 is 0 Å². The van der Waals surface area contributed by atoms with Gasteiger partial charge in [-0.15, -0.1) is 11.3 Å². The quantitative estimate of drug-likeness (QED) is 0.682. The molecule has 2 atom stereocenters. The first kappa shape index (κ1) is 14.8. The summed E-state index contributed by atoms with van der Waals surface area (Å²) in [4.78, 5) is 10.5. The number of hydrogen-bond donors (Lipinski definition) is 1. The monoisotopic (exact) mass is 351 g/mol. The van der Waals surface area contributed by atoms with E-state index < -0.39 is 11.6 Å². The van der Waals surface area contributed by atoms with Crippen LogP contribution in [0.3, 0.4) is 0 Å². The summed E-state index contributed by atoms with van der Waals surface area (Å²) in [5, 5.41) is 4.49. The summed E-state index contributed by atoms with van der Waals surface area (Å²) >= 11 is 7.54. The van der Waals surface area contributed by atoms with E-state index in [9.17, 15) is 8.78 Å². The van der Waals surface area contributed by atoms with Crippen LogP contribution in [0.15, 0.2) is 24.3 Å². The Morgan fingerprint density at radius 3 is 2.83 bits per heavy atom. The lowest BCUT2D eigenvalue weighted by atomic mass is 10.1. The number of fused-ring (bicyclic) bond motifs is 1. The molecule has 4 rings (SSSR count). The Hall–Kier alpha value is -1.79. The molecular formula is C16H12ClF2N3S.